The van der Waals surface area contributed by atoms with Gasteiger partial charge >= 0.3 is 5.97 Å². The molecule has 0 bridgehead atoms. The normalized spacial score (nSPS) is 11.9. The number of carboxylic acids is 1. The van der Waals surface area contributed by atoms with Gasteiger partial charge < -0.3 is 10.0 Å². The minimum absolute atomic E-state index is 0.270. The molecule has 0 saturated heterocycles. The van der Waals surface area contributed by atoms with Crippen molar-refractivity contribution in [3.8, 4) is 11.1 Å². The van der Waals surface area contributed by atoms with Crippen LogP contribution in [0.3, 0.4) is 0 Å². The van der Waals surface area contributed by atoms with E-state index in [4.69, 9.17) is 5.11 Å². The van der Waals surface area contributed by atoms with Crippen molar-refractivity contribution < 1.29 is 14.7 Å². The van der Waals surface area contributed by atoms with Crippen LogP contribution in [0.4, 0.5) is 0 Å². The van der Waals surface area contributed by atoms with E-state index in [1.54, 1.807) is 0 Å². The fourth-order valence-corrected chi connectivity index (χ4v) is 2.72. The lowest BCUT2D eigenvalue weighted by Crippen LogP contribution is -2.40. The summed E-state index contributed by atoms with van der Waals surface area (Å²) in [6.07, 6.45) is 0. The molecule has 104 valence electrons. The molecule has 2 rings (SSSR count). The number of carbonyl (C=O) groups excluding carboxylic acids is 1. The van der Waals surface area contributed by atoms with Crippen LogP contribution < -0.4 is 0 Å². The van der Waals surface area contributed by atoms with Crippen LogP contribution in [0.15, 0.2) is 41.8 Å². The van der Waals surface area contributed by atoms with Gasteiger partial charge in [0.2, 0.25) is 0 Å². The van der Waals surface area contributed by atoms with Gasteiger partial charge in [-0.15, -0.1) is 11.3 Å². The Kier molecular flexibility index (Phi) is 4.20. The van der Waals surface area contributed by atoms with E-state index < -0.39 is 12.0 Å². The molecule has 1 heterocycles. The van der Waals surface area contributed by atoms with Crippen molar-refractivity contribution >= 4 is 23.2 Å². The highest BCUT2D eigenvalue weighted by Crippen LogP contribution is 2.29. The molecule has 1 aromatic carbocycles. The first kappa shape index (κ1) is 14.3. The van der Waals surface area contributed by atoms with Crippen LogP contribution in [0, 0.1) is 0 Å². The average molecular weight is 289 g/mol. The van der Waals surface area contributed by atoms with Gasteiger partial charge in [-0.3, -0.25) is 4.79 Å². The Balaban J connectivity index is 2.33. The molecular weight excluding hydrogens is 274 g/mol. The molecule has 1 unspecified atom stereocenters. The predicted molar refractivity (Wildman–Crippen MR) is 78.9 cm³/mol. The van der Waals surface area contributed by atoms with E-state index in [1.807, 2.05) is 41.8 Å². The van der Waals surface area contributed by atoms with Gasteiger partial charge in [-0.1, -0.05) is 30.3 Å². The van der Waals surface area contributed by atoms with E-state index in [9.17, 15) is 9.59 Å². The van der Waals surface area contributed by atoms with Crippen LogP contribution in [-0.4, -0.2) is 35.0 Å². The molecule has 1 N–H and O–H groups in total. The van der Waals surface area contributed by atoms with Crippen molar-refractivity contribution in [1.82, 2.24) is 4.90 Å². The second kappa shape index (κ2) is 5.88. The van der Waals surface area contributed by atoms with Crippen LogP contribution in [0.2, 0.25) is 0 Å². The van der Waals surface area contributed by atoms with Crippen molar-refractivity contribution in [2.24, 2.45) is 0 Å². The molecule has 0 aliphatic carbocycles. The molecule has 1 atom stereocenters. The van der Waals surface area contributed by atoms with E-state index in [1.165, 1.54) is 30.2 Å². The quantitative estimate of drug-likeness (QED) is 0.941. The van der Waals surface area contributed by atoms with Crippen LogP contribution >= 0.6 is 11.3 Å². The molecule has 20 heavy (non-hydrogen) atoms. The zero-order valence-corrected chi connectivity index (χ0v) is 12.1. The maximum Gasteiger partial charge on any atom is 0.326 e. The number of amides is 1. The van der Waals surface area contributed by atoms with Gasteiger partial charge in [0.15, 0.2) is 0 Å². The first-order chi connectivity index (χ1) is 9.52. The summed E-state index contributed by atoms with van der Waals surface area (Å²) < 4.78 is 0. The molecule has 0 saturated carbocycles. The number of hydrogen-bond donors (Lipinski definition) is 1. The second-order valence-electron chi connectivity index (χ2n) is 4.46. The van der Waals surface area contributed by atoms with Crippen LogP contribution in [-0.2, 0) is 4.79 Å². The number of carbonyl (C=O) groups is 2. The van der Waals surface area contributed by atoms with Gasteiger partial charge in [-0.2, -0.15) is 0 Å². The Labute approximate surface area is 121 Å². The Hall–Kier alpha value is -2.14. The molecule has 0 fully saturated rings. The van der Waals surface area contributed by atoms with Crippen molar-refractivity contribution in [1.29, 1.82) is 0 Å². The Bertz CT molecular complexity index is 621. The number of aliphatic carboxylic acids is 1. The lowest BCUT2D eigenvalue weighted by molar-refractivity contribution is -0.141. The van der Waals surface area contributed by atoms with Crippen LogP contribution in [0.5, 0.6) is 0 Å². The molecule has 2 aromatic rings. The summed E-state index contributed by atoms with van der Waals surface area (Å²) >= 11 is 1.33. The number of nitrogens with zero attached hydrogens (tertiary/aromatic N) is 1. The molecule has 1 aromatic heterocycles. The summed E-state index contributed by atoms with van der Waals surface area (Å²) in [7, 11) is 1.51. The summed E-state index contributed by atoms with van der Waals surface area (Å²) in [5.41, 5.74) is 1.79. The summed E-state index contributed by atoms with van der Waals surface area (Å²) in [6.45, 7) is 1.50. The highest BCUT2D eigenvalue weighted by Gasteiger charge is 2.25. The Morgan fingerprint density at radius 2 is 1.85 bits per heavy atom. The zero-order chi connectivity index (χ0) is 14.7. The summed E-state index contributed by atoms with van der Waals surface area (Å²) in [4.78, 5) is 25.2. The third-order valence-corrected chi connectivity index (χ3v) is 4.11. The number of thiophene rings is 1. The van der Waals surface area contributed by atoms with E-state index in [2.05, 4.69) is 0 Å². The topological polar surface area (TPSA) is 57.6 Å². The van der Waals surface area contributed by atoms with Crippen molar-refractivity contribution in [2.75, 3.05) is 7.05 Å². The minimum atomic E-state index is -1.02. The molecule has 0 aliphatic rings. The minimum Gasteiger partial charge on any atom is -0.480 e. The number of rotatable bonds is 4. The molecule has 0 spiro atoms. The molecule has 4 nitrogen and oxygen atoms in total. The van der Waals surface area contributed by atoms with Crippen molar-refractivity contribution in [3.05, 3.63) is 46.7 Å². The average Bonchev–Trinajstić information content (AvgIpc) is 2.95. The fraction of sp³-hybridized carbons (Fsp3) is 0.200. The SMILES string of the molecule is CC(C(=O)O)N(C)C(=O)c1sccc1-c1ccccc1. The van der Waals surface area contributed by atoms with Crippen LogP contribution in [0.25, 0.3) is 11.1 Å². The predicted octanol–water partition coefficient (Wildman–Crippen LogP) is 2.96. The van der Waals surface area contributed by atoms with Gasteiger partial charge in [0, 0.05) is 12.6 Å². The monoisotopic (exact) mass is 289 g/mol. The summed E-state index contributed by atoms with van der Waals surface area (Å²) in [6, 6.07) is 10.6. The number of hydrogen-bond acceptors (Lipinski definition) is 3. The Morgan fingerprint density at radius 3 is 2.45 bits per heavy atom. The van der Waals surface area contributed by atoms with Gasteiger partial charge in [-0.05, 0) is 23.9 Å². The first-order valence-electron chi connectivity index (χ1n) is 6.15. The lowest BCUT2D eigenvalue weighted by Gasteiger charge is -2.21. The van der Waals surface area contributed by atoms with E-state index in [0.717, 1.165) is 11.1 Å². The van der Waals surface area contributed by atoms with Crippen molar-refractivity contribution in [2.45, 2.75) is 13.0 Å². The molecule has 1 amide bonds. The summed E-state index contributed by atoms with van der Waals surface area (Å²) in [5, 5.41) is 10.8. The fourth-order valence-electron chi connectivity index (χ4n) is 1.82. The smallest absolute Gasteiger partial charge is 0.326 e. The standard InChI is InChI=1S/C15H15NO3S/c1-10(15(18)19)16(2)14(17)13-12(8-9-20-13)11-6-4-3-5-7-11/h3-10H,1-2H3,(H,18,19). The Morgan fingerprint density at radius 1 is 1.20 bits per heavy atom. The third-order valence-electron chi connectivity index (χ3n) is 3.20. The molecule has 5 heteroatoms. The first-order valence-corrected chi connectivity index (χ1v) is 7.03. The largest absolute Gasteiger partial charge is 0.480 e. The molecule has 0 aliphatic heterocycles. The molecule has 0 radical (unpaired) electrons. The second-order valence-corrected chi connectivity index (χ2v) is 5.38. The van der Waals surface area contributed by atoms with Gasteiger partial charge in [0.25, 0.3) is 5.91 Å². The van der Waals surface area contributed by atoms with E-state index >= 15 is 0 Å². The van der Waals surface area contributed by atoms with E-state index in [-0.39, 0.29) is 5.91 Å². The van der Waals surface area contributed by atoms with Gasteiger partial charge in [0.05, 0.1) is 4.88 Å². The maximum absolute atomic E-state index is 12.4. The highest BCUT2D eigenvalue weighted by atomic mass is 32.1. The number of carboxylic acid groups (broad SMARTS) is 1. The zero-order valence-electron chi connectivity index (χ0n) is 11.2. The van der Waals surface area contributed by atoms with Crippen LogP contribution in [0.1, 0.15) is 16.6 Å². The molecular formula is C15H15NO3S. The van der Waals surface area contributed by atoms with Gasteiger partial charge in [-0.25, -0.2) is 4.79 Å². The third kappa shape index (κ3) is 2.72. The number of likely N-dealkylation sites (N-methyl/N-ethyl adjacent to an activating group) is 1. The highest BCUT2D eigenvalue weighted by molar-refractivity contribution is 7.12. The van der Waals surface area contributed by atoms with Crippen molar-refractivity contribution in [3.63, 3.8) is 0 Å². The van der Waals surface area contributed by atoms with Gasteiger partial charge in [0.1, 0.15) is 6.04 Å². The number of benzene rings is 1. The lowest BCUT2D eigenvalue weighted by atomic mass is 10.1. The van der Waals surface area contributed by atoms with E-state index in [0.29, 0.717) is 4.88 Å². The maximum atomic E-state index is 12.4. The summed E-state index contributed by atoms with van der Waals surface area (Å²) in [5.74, 6) is -1.28.